The zero-order valence-electron chi connectivity index (χ0n) is 12.8. The summed E-state index contributed by atoms with van der Waals surface area (Å²) in [5, 5.41) is 18.8. The van der Waals surface area contributed by atoms with Gasteiger partial charge < -0.3 is 10.3 Å². The van der Waals surface area contributed by atoms with Crippen molar-refractivity contribution in [3.8, 4) is 0 Å². The minimum Gasteiger partial charge on any atom is -0.345 e. The second-order valence-electron chi connectivity index (χ2n) is 5.86. The number of benzene rings is 1. The predicted octanol–water partition coefficient (Wildman–Crippen LogP) is 2.10. The van der Waals surface area contributed by atoms with Crippen molar-refractivity contribution in [2.45, 2.75) is 25.4 Å². The molecule has 9 heteroatoms. The molecule has 24 heavy (non-hydrogen) atoms. The predicted molar refractivity (Wildman–Crippen MR) is 84.5 cm³/mol. The Bertz CT molecular complexity index is 959. The number of H-pyrrole nitrogens is 1. The fourth-order valence-corrected chi connectivity index (χ4v) is 3.17. The van der Waals surface area contributed by atoms with Crippen LogP contribution in [0.5, 0.6) is 0 Å². The zero-order chi connectivity index (χ0) is 16.8. The van der Waals surface area contributed by atoms with Gasteiger partial charge in [-0.1, -0.05) is 12.1 Å². The molecule has 2 unspecified atom stereocenters. The maximum Gasteiger partial charge on any atom is 0.293 e. The van der Waals surface area contributed by atoms with Crippen LogP contribution in [0.4, 0.5) is 5.69 Å². The average Bonchev–Trinajstić information content (AvgIpc) is 3.24. The van der Waals surface area contributed by atoms with Gasteiger partial charge in [-0.3, -0.25) is 14.9 Å². The molecule has 0 radical (unpaired) electrons. The summed E-state index contributed by atoms with van der Waals surface area (Å²) in [5.74, 6) is 0.395. The van der Waals surface area contributed by atoms with Gasteiger partial charge in [0.05, 0.1) is 17.0 Å². The molecule has 1 aromatic carbocycles. The summed E-state index contributed by atoms with van der Waals surface area (Å²) in [6.45, 7) is 2.01. The number of amides is 1. The Kier molecular flexibility index (Phi) is 3.08. The van der Waals surface area contributed by atoms with Crippen LogP contribution in [0.15, 0.2) is 30.6 Å². The molecule has 0 aliphatic carbocycles. The summed E-state index contributed by atoms with van der Waals surface area (Å²) >= 11 is 0. The summed E-state index contributed by atoms with van der Waals surface area (Å²) in [6.07, 6.45) is 2.18. The van der Waals surface area contributed by atoms with Crippen LogP contribution in [0.25, 0.3) is 10.9 Å². The first-order valence-electron chi connectivity index (χ1n) is 7.51. The van der Waals surface area contributed by atoms with Crippen LogP contribution in [-0.4, -0.2) is 30.6 Å². The van der Waals surface area contributed by atoms with Crippen LogP contribution in [0.3, 0.4) is 0 Å². The highest BCUT2D eigenvalue weighted by atomic mass is 16.6. The molecule has 2 aromatic heterocycles. The highest BCUT2D eigenvalue weighted by Crippen LogP contribution is 2.32. The number of aromatic nitrogens is 4. The summed E-state index contributed by atoms with van der Waals surface area (Å²) in [7, 11) is 0. The Labute approximate surface area is 135 Å². The first kappa shape index (κ1) is 14.4. The van der Waals surface area contributed by atoms with Crippen LogP contribution in [0, 0.1) is 10.1 Å². The van der Waals surface area contributed by atoms with Gasteiger partial charge >= 0.3 is 0 Å². The second kappa shape index (κ2) is 5.15. The Balaban J connectivity index is 1.63. The van der Waals surface area contributed by atoms with Crippen molar-refractivity contribution in [2.75, 3.05) is 0 Å². The zero-order valence-corrected chi connectivity index (χ0v) is 12.8. The fourth-order valence-electron chi connectivity index (χ4n) is 3.17. The van der Waals surface area contributed by atoms with Crippen molar-refractivity contribution in [1.82, 2.24) is 25.1 Å². The van der Waals surface area contributed by atoms with Gasteiger partial charge in [-0.25, -0.2) is 9.67 Å². The monoisotopic (exact) mass is 326 g/mol. The third-order valence-electron chi connectivity index (χ3n) is 4.29. The number of carbonyl (C=O) groups excluding carboxylic acids is 1. The molecule has 1 amide bonds. The summed E-state index contributed by atoms with van der Waals surface area (Å²) in [6, 6.07) is 6.27. The van der Waals surface area contributed by atoms with E-state index >= 15 is 0 Å². The lowest BCUT2D eigenvalue weighted by Crippen LogP contribution is -2.27. The molecular formula is C15H14N6O3. The van der Waals surface area contributed by atoms with Gasteiger partial charge in [-0.05, 0) is 19.4 Å². The number of nitrogens with one attached hydrogen (secondary N) is 2. The van der Waals surface area contributed by atoms with Crippen molar-refractivity contribution in [3.05, 3.63) is 52.2 Å². The van der Waals surface area contributed by atoms with Crippen molar-refractivity contribution in [1.29, 1.82) is 0 Å². The average molecular weight is 326 g/mol. The normalized spacial score (nSPS) is 19.4. The van der Waals surface area contributed by atoms with Crippen molar-refractivity contribution >= 4 is 22.5 Å². The van der Waals surface area contributed by atoms with Gasteiger partial charge in [0.2, 0.25) is 0 Å². The van der Waals surface area contributed by atoms with Crippen molar-refractivity contribution in [2.24, 2.45) is 0 Å². The molecular weight excluding hydrogens is 312 g/mol. The van der Waals surface area contributed by atoms with E-state index in [1.54, 1.807) is 22.9 Å². The van der Waals surface area contributed by atoms with E-state index in [9.17, 15) is 14.9 Å². The first-order valence-corrected chi connectivity index (χ1v) is 7.51. The fraction of sp³-hybridized carbons (Fsp3) is 0.267. The quantitative estimate of drug-likeness (QED) is 0.564. The van der Waals surface area contributed by atoms with Crippen LogP contribution < -0.4 is 5.32 Å². The molecule has 122 valence electrons. The maximum absolute atomic E-state index is 12.5. The van der Waals surface area contributed by atoms with Gasteiger partial charge in [0.15, 0.2) is 0 Å². The van der Waals surface area contributed by atoms with Gasteiger partial charge in [0.25, 0.3) is 11.6 Å². The van der Waals surface area contributed by atoms with Crippen molar-refractivity contribution in [3.63, 3.8) is 0 Å². The van der Waals surface area contributed by atoms with E-state index in [4.69, 9.17) is 0 Å². The molecule has 0 fully saturated rings. The highest BCUT2D eigenvalue weighted by molar-refractivity contribution is 6.00. The summed E-state index contributed by atoms with van der Waals surface area (Å²) in [5.41, 5.74) is 0.571. The van der Waals surface area contributed by atoms with Gasteiger partial charge in [0, 0.05) is 11.5 Å². The molecule has 2 atom stereocenters. The topological polar surface area (TPSA) is 119 Å². The lowest BCUT2D eigenvalue weighted by molar-refractivity contribution is -0.383. The second-order valence-corrected chi connectivity index (χ2v) is 5.86. The lowest BCUT2D eigenvalue weighted by atomic mass is 10.1. The summed E-state index contributed by atoms with van der Waals surface area (Å²) in [4.78, 5) is 30.2. The van der Waals surface area contributed by atoms with E-state index in [1.807, 2.05) is 6.92 Å². The van der Waals surface area contributed by atoms with Crippen molar-refractivity contribution < 1.29 is 9.72 Å². The van der Waals surface area contributed by atoms with E-state index in [0.717, 1.165) is 5.82 Å². The molecule has 9 nitrogen and oxygen atoms in total. The molecule has 3 heterocycles. The molecule has 4 rings (SSSR count). The van der Waals surface area contributed by atoms with E-state index in [1.165, 1.54) is 12.4 Å². The van der Waals surface area contributed by atoms with E-state index in [-0.39, 0.29) is 29.4 Å². The van der Waals surface area contributed by atoms with Gasteiger partial charge in [-0.2, -0.15) is 5.10 Å². The molecule has 0 bridgehead atoms. The minimum absolute atomic E-state index is 0.0548. The number of fused-ring (bicyclic) bond motifs is 2. The Morgan fingerprint density at radius 1 is 1.50 bits per heavy atom. The third kappa shape index (κ3) is 2.13. The van der Waals surface area contributed by atoms with Gasteiger partial charge in [-0.15, -0.1) is 0 Å². The standard InChI is InChI=1S/C15H14N6O3/c1-8-5-10(14-16-7-17-20(8)14)19-15(22)11-6-9-3-2-4-12(21(23)24)13(9)18-11/h2-4,6-8,10,18H,5H2,1H3,(H,19,22). The largest absolute Gasteiger partial charge is 0.345 e. The Morgan fingerprint density at radius 2 is 2.33 bits per heavy atom. The number of hydrogen-bond donors (Lipinski definition) is 2. The number of aromatic amines is 1. The van der Waals surface area contributed by atoms with Crippen LogP contribution >= 0.6 is 0 Å². The van der Waals surface area contributed by atoms with Crippen LogP contribution in [-0.2, 0) is 0 Å². The summed E-state index contributed by atoms with van der Waals surface area (Å²) < 4.78 is 1.79. The smallest absolute Gasteiger partial charge is 0.293 e. The van der Waals surface area contributed by atoms with Crippen LogP contribution in [0.1, 0.15) is 41.7 Å². The highest BCUT2D eigenvalue weighted by Gasteiger charge is 2.32. The minimum atomic E-state index is -0.471. The Hall–Kier alpha value is -3.23. The number of nitro benzene ring substituents is 1. The number of nitro groups is 1. The first-order chi connectivity index (χ1) is 11.5. The SMILES string of the molecule is CC1CC(NC(=O)c2cc3cccc([N+](=O)[O-])c3[nH]2)c2ncnn21. The molecule has 0 saturated heterocycles. The molecule has 0 spiro atoms. The van der Waals surface area contributed by atoms with Crippen LogP contribution in [0.2, 0.25) is 0 Å². The maximum atomic E-state index is 12.5. The molecule has 1 aliphatic rings. The number of rotatable bonds is 3. The van der Waals surface area contributed by atoms with E-state index in [2.05, 4.69) is 20.4 Å². The number of carbonyl (C=O) groups is 1. The number of non-ortho nitro benzene ring substituents is 1. The lowest BCUT2D eigenvalue weighted by Gasteiger charge is -2.10. The molecule has 1 aliphatic heterocycles. The number of hydrogen-bond acceptors (Lipinski definition) is 5. The Morgan fingerprint density at radius 3 is 3.12 bits per heavy atom. The molecule has 0 saturated carbocycles. The number of nitrogens with zero attached hydrogens (tertiary/aromatic N) is 4. The molecule has 2 N–H and O–H groups in total. The third-order valence-corrected chi connectivity index (χ3v) is 4.29. The van der Waals surface area contributed by atoms with E-state index < -0.39 is 4.92 Å². The number of para-hydroxylation sites is 1. The van der Waals surface area contributed by atoms with Gasteiger partial charge in [0.1, 0.15) is 23.4 Å². The molecule has 3 aromatic rings. The van der Waals surface area contributed by atoms with E-state index in [0.29, 0.717) is 17.3 Å².